The van der Waals surface area contributed by atoms with Gasteiger partial charge in [-0.2, -0.15) is 11.8 Å². The van der Waals surface area contributed by atoms with Crippen LogP contribution in [-0.4, -0.2) is 17.3 Å². The van der Waals surface area contributed by atoms with Gasteiger partial charge in [0.25, 0.3) is 0 Å². The molecule has 1 aromatic heterocycles. The average Bonchev–Trinajstić information content (AvgIpc) is 2.09. The zero-order valence-electron chi connectivity index (χ0n) is 6.66. The topological polar surface area (TPSA) is 38.9 Å². The van der Waals surface area contributed by atoms with Crippen LogP contribution in [0.3, 0.4) is 0 Å². The quantitative estimate of drug-likeness (QED) is 0.599. The zero-order valence-corrected chi connectivity index (χ0v) is 8.24. The maximum Gasteiger partial charge on any atom is 0.133 e. The molecule has 0 atom stereocenters. The maximum absolute atomic E-state index is 5.85. The molecular formula is C8H11ClN2S. The molecule has 1 aromatic rings. The minimum absolute atomic E-state index is 0.599. The molecule has 0 aliphatic rings. The number of nitrogens with two attached hydrogens (primary N) is 1. The Bertz CT molecular complexity index is 242. The van der Waals surface area contributed by atoms with Crippen molar-refractivity contribution < 1.29 is 0 Å². The molecule has 0 aromatic carbocycles. The molecule has 0 amide bonds. The van der Waals surface area contributed by atoms with Crippen LogP contribution in [0.4, 0.5) is 0 Å². The van der Waals surface area contributed by atoms with Gasteiger partial charge in [0.05, 0.1) is 0 Å². The highest BCUT2D eigenvalue weighted by Crippen LogP contribution is 2.17. The lowest BCUT2D eigenvalue weighted by Crippen LogP contribution is -2.01. The van der Waals surface area contributed by atoms with E-state index in [0.29, 0.717) is 11.7 Å². The molecule has 0 saturated carbocycles. The third-order valence-corrected chi connectivity index (χ3v) is 2.74. The summed E-state index contributed by atoms with van der Waals surface area (Å²) < 4.78 is 0. The highest BCUT2D eigenvalue weighted by atomic mass is 35.5. The fraction of sp³-hybridized carbons (Fsp3) is 0.375. The molecular weight excluding hydrogens is 192 g/mol. The number of thioether (sulfide) groups is 1. The van der Waals surface area contributed by atoms with Gasteiger partial charge in [0.15, 0.2) is 0 Å². The van der Waals surface area contributed by atoms with Crippen LogP contribution in [0, 0.1) is 0 Å². The first-order chi connectivity index (χ1) is 5.84. The molecule has 0 aliphatic carbocycles. The summed E-state index contributed by atoms with van der Waals surface area (Å²) in [6, 6.07) is 3.88. The SMILES string of the molecule is NCCSCc1cccnc1Cl. The van der Waals surface area contributed by atoms with E-state index in [4.69, 9.17) is 17.3 Å². The first-order valence-corrected chi connectivity index (χ1v) is 5.25. The summed E-state index contributed by atoms with van der Waals surface area (Å²) in [5, 5.41) is 0.599. The molecule has 4 heteroatoms. The number of pyridine rings is 1. The van der Waals surface area contributed by atoms with Crippen molar-refractivity contribution in [1.82, 2.24) is 4.98 Å². The van der Waals surface area contributed by atoms with E-state index in [0.717, 1.165) is 17.1 Å². The fourth-order valence-electron chi connectivity index (χ4n) is 0.792. The maximum atomic E-state index is 5.85. The van der Waals surface area contributed by atoms with Crippen molar-refractivity contribution in [3.05, 3.63) is 29.0 Å². The second-order valence-electron chi connectivity index (χ2n) is 2.29. The normalized spacial score (nSPS) is 10.2. The minimum atomic E-state index is 0.599. The van der Waals surface area contributed by atoms with Crippen molar-refractivity contribution in [2.24, 2.45) is 5.73 Å². The van der Waals surface area contributed by atoms with E-state index >= 15 is 0 Å². The fourth-order valence-corrected chi connectivity index (χ4v) is 1.82. The van der Waals surface area contributed by atoms with Crippen LogP contribution in [0.5, 0.6) is 0 Å². The smallest absolute Gasteiger partial charge is 0.133 e. The third-order valence-electron chi connectivity index (χ3n) is 1.36. The largest absolute Gasteiger partial charge is 0.330 e. The molecule has 0 radical (unpaired) electrons. The molecule has 0 aliphatic heterocycles. The first-order valence-electron chi connectivity index (χ1n) is 3.72. The summed E-state index contributed by atoms with van der Waals surface area (Å²) >= 11 is 7.62. The summed E-state index contributed by atoms with van der Waals surface area (Å²) in [6.07, 6.45) is 1.69. The molecule has 12 heavy (non-hydrogen) atoms. The Morgan fingerprint density at radius 1 is 1.58 bits per heavy atom. The summed E-state index contributed by atoms with van der Waals surface area (Å²) in [5.41, 5.74) is 6.44. The van der Waals surface area contributed by atoms with Gasteiger partial charge in [0.2, 0.25) is 0 Å². The molecule has 0 unspecified atom stereocenters. The Morgan fingerprint density at radius 2 is 2.42 bits per heavy atom. The number of hydrogen-bond acceptors (Lipinski definition) is 3. The van der Waals surface area contributed by atoms with Gasteiger partial charge in [-0.25, -0.2) is 4.98 Å². The van der Waals surface area contributed by atoms with Gasteiger partial charge < -0.3 is 5.73 Å². The molecule has 1 rings (SSSR count). The highest BCUT2D eigenvalue weighted by Gasteiger charge is 1.98. The van der Waals surface area contributed by atoms with Gasteiger partial charge >= 0.3 is 0 Å². The number of halogens is 1. The van der Waals surface area contributed by atoms with E-state index in [1.165, 1.54) is 0 Å². The van der Waals surface area contributed by atoms with Crippen molar-refractivity contribution in [2.45, 2.75) is 5.75 Å². The predicted octanol–water partition coefficient (Wildman–Crippen LogP) is 1.93. The van der Waals surface area contributed by atoms with Crippen LogP contribution < -0.4 is 5.73 Å². The number of hydrogen-bond donors (Lipinski definition) is 1. The van der Waals surface area contributed by atoms with E-state index in [-0.39, 0.29) is 0 Å². The van der Waals surface area contributed by atoms with E-state index in [1.807, 2.05) is 12.1 Å². The van der Waals surface area contributed by atoms with Gasteiger partial charge in [0, 0.05) is 24.2 Å². The Balaban J connectivity index is 2.46. The van der Waals surface area contributed by atoms with Crippen molar-refractivity contribution in [2.75, 3.05) is 12.3 Å². The lowest BCUT2D eigenvalue weighted by Gasteiger charge is -2.01. The van der Waals surface area contributed by atoms with Gasteiger partial charge in [-0.05, 0) is 11.6 Å². The number of aromatic nitrogens is 1. The van der Waals surface area contributed by atoms with Gasteiger partial charge in [-0.3, -0.25) is 0 Å². The molecule has 66 valence electrons. The molecule has 0 spiro atoms. The van der Waals surface area contributed by atoms with Crippen LogP contribution in [0.25, 0.3) is 0 Å². The first kappa shape index (κ1) is 9.84. The van der Waals surface area contributed by atoms with Crippen molar-refractivity contribution in [1.29, 1.82) is 0 Å². The standard InChI is InChI=1S/C8H11ClN2S/c9-8-7(2-1-4-11-8)6-12-5-3-10/h1-2,4H,3,5-6,10H2. The van der Waals surface area contributed by atoms with Gasteiger partial charge in [0.1, 0.15) is 5.15 Å². The Morgan fingerprint density at radius 3 is 3.08 bits per heavy atom. The summed E-state index contributed by atoms with van der Waals surface area (Å²) in [7, 11) is 0. The highest BCUT2D eigenvalue weighted by molar-refractivity contribution is 7.98. The van der Waals surface area contributed by atoms with E-state index in [9.17, 15) is 0 Å². The van der Waals surface area contributed by atoms with Crippen molar-refractivity contribution in [3.8, 4) is 0 Å². The van der Waals surface area contributed by atoms with Crippen LogP contribution >= 0.6 is 23.4 Å². The second kappa shape index (κ2) is 5.41. The predicted molar refractivity (Wildman–Crippen MR) is 54.5 cm³/mol. The van der Waals surface area contributed by atoms with Crippen LogP contribution in [0.1, 0.15) is 5.56 Å². The van der Waals surface area contributed by atoms with E-state index in [1.54, 1.807) is 18.0 Å². The van der Waals surface area contributed by atoms with Gasteiger partial charge in [-0.1, -0.05) is 17.7 Å². The molecule has 1 heterocycles. The summed E-state index contributed by atoms with van der Waals surface area (Å²) in [6.45, 7) is 0.711. The summed E-state index contributed by atoms with van der Waals surface area (Å²) in [5.74, 6) is 1.86. The average molecular weight is 203 g/mol. The van der Waals surface area contributed by atoms with Crippen molar-refractivity contribution >= 4 is 23.4 Å². The Kier molecular flexibility index (Phi) is 4.43. The van der Waals surface area contributed by atoms with E-state index in [2.05, 4.69) is 4.98 Å². The number of nitrogens with zero attached hydrogens (tertiary/aromatic N) is 1. The van der Waals surface area contributed by atoms with Crippen LogP contribution in [0.2, 0.25) is 5.15 Å². The number of rotatable bonds is 4. The molecule has 2 nitrogen and oxygen atoms in total. The Labute approximate surface area is 81.5 Å². The van der Waals surface area contributed by atoms with E-state index < -0.39 is 0 Å². The third kappa shape index (κ3) is 3.01. The molecule has 0 saturated heterocycles. The van der Waals surface area contributed by atoms with Crippen LogP contribution in [-0.2, 0) is 5.75 Å². The van der Waals surface area contributed by atoms with Crippen molar-refractivity contribution in [3.63, 3.8) is 0 Å². The molecule has 2 N–H and O–H groups in total. The van der Waals surface area contributed by atoms with Crippen LogP contribution in [0.15, 0.2) is 18.3 Å². The summed E-state index contributed by atoms with van der Waals surface area (Å²) in [4.78, 5) is 3.98. The Hall–Kier alpha value is -0.250. The zero-order chi connectivity index (χ0) is 8.81. The lowest BCUT2D eigenvalue weighted by molar-refractivity contribution is 1.15. The molecule has 0 bridgehead atoms. The lowest BCUT2D eigenvalue weighted by atomic mass is 10.3. The molecule has 0 fully saturated rings. The monoisotopic (exact) mass is 202 g/mol. The second-order valence-corrected chi connectivity index (χ2v) is 3.76. The minimum Gasteiger partial charge on any atom is -0.330 e. The van der Waals surface area contributed by atoms with Gasteiger partial charge in [-0.15, -0.1) is 0 Å².